The fraction of sp³-hybridized carbons (Fsp3) is 0.667. The molecular weight excluding hydrogens is 334 g/mol. The normalized spacial score (nSPS) is 37.5. The van der Waals surface area contributed by atoms with Gasteiger partial charge in [-0.15, -0.1) is 0 Å². The van der Waals surface area contributed by atoms with Crippen molar-refractivity contribution in [2.45, 2.75) is 65.2 Å². The van der Waals surface area contributed by atoms with Crippen molar-refractivity contribution >= 4 is 11.8 Å². The van der Waals surface area contributed by atoms with Crippen LogP contribution in [-0.4, -0.2) is 23.3 Å². The zero-order valence-electron chi connectivity index (χ0n) is 16.7. The predicted octanol–water partition coefficient (Wildman–Crippen LogP) is 4.44. The van der Waals surface area contributed by atoms with E-state index in [2.05, 4.69) is 32.0 Å². The van der Waals surface area contributed by atoms with Crippen LogP contribution in [0.5, 0.6) is 0 Å². The number of imide groups is 1. The van der Waals surface area contributed by atoms with Crippen LogP contribution in [0.15, 0.2) is 18.2 Å². The number of hydrogen-bond acceptors (Lipinski definition) is 2. The highest BCUT2D eigenvalue weighted by Crippen LogP contribution is 2.60. The van der Waals surface area contributed by atoms with E-state index in [4.69, 9.17) is 0 Å². The Hall–Kier alpha value is -1.64. The fourth-order valence-electron chi connectivity index (χ4n) is 7.37. The van der Waals surface area contributed by atoms with E-state index in [1.54, 1.807) is 4.90 Å². The van der Waals surface area contributed by atoms with E-state index in [0.717, 1.165) is 17.8 Å². The van der Waals surface area contributed by atoms with Gasteiger partial charge in [-0.2, -0.15) is 0 Å². The third kappa shape index (κ3) is 3.13. The number of hydrogen-bond donors (Lipinski definition) is 0. The van der Waals surface area contributed by atoms with Crippen LogP contribution in [0.1, 0.15) is 61.6 Å². The summed E-state index contributed by atoms with van der Waals surface area (Å²) in [7, 11) is 0. The van der Waals surface area contributed by atoms with Crippen molar-refractivity contribution in [1.29, 1.82) is 0 Å². The molecule has 0 aromatic heterocycles. The van der Waals surface area contributed by atoms with E-state index in [1.807, 2.05) is 0 Å². The number of amides is 2. The van der Waals surface area contributed by atoms with Crippen molar-refractivity contribution in [2.24, 2.45) is 29.1 Å². The summed E-state index contributed by atoms with van der Waals surface area (Å²) in [5, 5.41) is 0. The molecule has 3 nitrogen and oxygen atoms in total. The summed E-state index contributed by atoms with van der Waals surface area (Å²) < 4.78 is 0. The molecule has 1 aromatic carbocycles. The van der Waals surface area contributed by atoms with Crippen molar-refractivity contribution in [1.82, 2.24) is 4.90 Å². The van der Waals surface area contributed by atoms with Crippen molar-refractivity contribution in [3.63, 3.8) is 0 Å². The molecular formula is C24H31NO2. The van der Waals surface area contributed by atoms with Crippen LogP contribution in [0.4, 0.5) is 0 Å². The topological polar surface area (TPSA) is 37.4 Å². The van der Waals surface area contributed by atoms with E-state index in [0.29, 0.717) is 19.4 Å². The molecule has 2 amide bonds. The lowest BCUT2D eigenvalue weighted by Gasteiger charge is -2.57. The number of carbonyl (C=O) groups is 2. The molecule has 3 heteroatoms. The number of benzene rings is 1. The van der Waals surface area contributed by atoms with Crippen LogP contribution in [0, 0.1) is 42.9 Å². The van der Waals surface area contributed by atoms with Gasteiger partial charge in [-0.3, -0.25) is 14.5 Å². The Morgan fingerprint density at radius 3 is 2.04 bits per heavy atom. The summed E-state index contributed by atoms with van der Waals surface area (Å²) in [5.74, 6) is 2.58. The zero-order valence-corrected chi connectivity index (χ0v) is 16.7. The molecule has 1 aromatic rings. The maximum atomic E-state index is 13.1. The lowest BCUT2D eigenvalue weighted by Crippen LogP contribution is -2.52. The molecule has 1 saturated heterocycles. The predicted molar refractivity (Wildman–Crippen MR) is 105 cm³/mol. The highest BCUT2D eigenvalue weighted by Gasteiger charge is 2.53. The molecule has 27 heavy (non-hydrogen) atoms. The lowest BCUT2D eigenvalue weighted by atomic mass is 9.49. The van der Waals surface area contributed by atoms with Crippen molar-refractivity contribution in [3.05, 3.63) is 34.9 Å². The van der Waals surface area contributed by atoms with E-state index in [9.17, 15) is 9.59 Å². The molecule has 5 fully saturated rings. The summed E-state index contributed by atoms with van der Waals surface area (Å²) in [6.07, 6.45) is 9.04. The van der Waals surface area contributed by atoms with Gasteiger partial charge in [-0.1, -0.05) is 29.3 Å². The molecule has 4 saturated carbocycles. The zero-order chi connectivity index (χ0) is 18.8. The van der Waals surface area contributed by atoms with Gasteiger partial charge in [0.15, 0.2) is 0 Å². The third-order valence-electron chi connectivity index (χ3n) is 7.76. The Labute approximate surface area is 162 Å². The first-order chi connectivity index (χ1) is 12.9. The minimum Gasteiger partial charge on any atom is -0.282 e. The Bertz CT molecular complexity index is 740. The summed E-state index contributed by atoms with van der Waals surface area (Å²) in [6, 6.07) is 6.48. The van der Waals surface area contributed by atoms with E-state index in [-0.39, 0.29) is 23.1 Å². The molecule has 0 radical (unpaired) electrons. The number of rotatable bonds is 4. The first-order valence-corrected chi connectivity index (χ1v) is 10.8. The molecule has 0 N–H and O–H groups in total. The summed E-state index contributed by atoms with van der Waals surface area (Å²) in [4.78, 5) is 27.5. The minimum absolute atomic E-state index is 0.0742. The summed E-state index contributed by atoms with van der Waals surface area (Å²) in [5.41, 5.74) is 3.89. The van der Waals surface area contributed by atoms with Crippen LogP contribution in [-0.2, 0) is 16.0 Å². The van der Waals surface area contributed by atoms with Crippen LogP contribution in [0.3, 0.4) is 0 Å². The van der Waals surface area contributed by atoms with Gasteiger partial charge >= 0.3 is 0 Å². The summed E-state index contributed by atoms with van der Waals surface area (Å²) in [6.45, 7) is 4.90. The van der Waals surface area contributed by atoms with E-state index < -0.39 is 0 Å². The molecule has 1 heterocycles. The Kier molecular flexibility index (Phi) is 4.00. The molecule has 4 aliphatic carbocycles. The SMILES string of the molecule is Cc1cc(C)cc(C[C@@H]2CC(=O)N(CC34CC5CC(CC(C5)C3)C4)C2=O)c1. The van der Waals surface area contributed by atoms with Crippen LogP contribution >= 0.6 is 0 Å². The monoisotopic (exact) mass is 365 g/mol. The molecule has 144 valence electrons. The maximum Gasteiger partial charge on any atom is 0.233 e. The Balaban J connectivity index is 1.31. The first kappa shape index (κ1) is 17.5. The summed E-state index contributed by atoms with van der Waals surface area (Å²) >= 11 is 0. The molecule has 4 bridgehead atoms. The van der Waals surface area contributed by atoms with Gasteiger partial charge in [0.1, 0.15) is 0 Å². The second-order valence-electron chi connectivity index (χ2n) is 10.3. The number of likely N-dealkylation sites (tertiary alicyclic amines) is 1. The van der Waals surface area contributed by atoms with Crippen molar-refractivity contribution in [3.8, 4) is 0 Å². The van der Waals surface area contributed by atoms with Crippen LogP contribution in [0.2, 0.25) is 0 Å². The minimum atomic E-state index is -0.160. The van der Waals surface area contributed by atoms with Gasteiger partial charge in [0, 0.05) is 13.0 Å². The number of aryl methyl sites for hydroxylation is 2. The molecule has 5 aliphatic rings. The molecule has 1 aliphatic heterocycles. The van der Waals surface area contributed by atoms with Crippen LogP contribution < -0.4 is 0 Å². The standard InChI is InChI=1S/C24H31NO2/c1-15-3-16(2)5-17(4-15)9-21-10-22(26)25(23(21)27)14-24-11-18-6-19(12-24)8-20(7-18)13-24/h3-5,18-21H,6-14H2,1-2H3/t18?,19?,20?,21-,24?/m1/s1. The molecule has 1 atom stereocenters. The smallest absolute Gasteiger partial charge is 0.233 e. The van der Waals surface area contributed by atoms with E-state index in [1.165, 1.54) is 55.2 Å². The highest BCUT2D eigenvalue weighted by atomic mass is 16.2. The van der Waals surface area contributed by atoms with Gasteiger partial charge in [0.05, 0.1) is 5.92 Å². The Morgan fingerprint density at radius 2 is 1.48 bits per heavy atom. The lowest BCUT2D eigenvalue weighted by molar-refractivity contribution is -0.145. The first-order valence-electron chi connectivity index (χ1n) is 10.8. The van der Waals surface area contributed by atoms with Gasteiger partial charge in [0.25, 0.3) is 0 Å². The third-order valence-corrected chi connectivity index (χ3v) is 7.76. The van der Waals surface area contributed by atoms with Gasteiger partial charge in [-0.25, -0.2) is 0 Å². The molecule has 6 rings (SSSR count). The van der Waals surface area contributed by atoms with Crippen molar-refractivity contribution < 1.29 is 9.59 Å². The Morgan fingerprint density at radius 1 is 0.926 bits per heavy atom. The second kappa shape index (κ2) is 6.18. The average Bonchev–Trinajstić information content (AvgIpc) is 2.80. The van der Waals surface area contributed by atoms with Gasteiger partial charge < -0.3 is 0 Å². The van der Waals surface area contributed by atoms with Crippen molar-refractivity contribution in [2.75, 3.05) is 6.54 Å². The van der Waals surface area contributed by atoms with Gasteiger partial charge in [0.2, 0.25) is 11.8 Å². The number of carbonyl (C=O) groups excluding carboxylic acids is 2. The maximum absolute atomic E-state index is 13.1. The molecule has 0 spiro atoms. The number of nitrogens with zero attached hydrogens (tertiary/aromatic N) is 1. The second-order valence-corrected chi connectivity index (χ2v) is 10.3. The molecule has 0 unspecified atom stereocenters. The average molecular weight is 366 g/mol. The fourth-order valence-corrected chi connectivity index (χ4v) is 7.37. The largest absolute Gasteiger partial charge is 0.282 e. The highest BCUT2D eigenvalue weighted by molar-refractivity contribution is 6.03. The van der Waals surface area contributed by atoms with Gasteiger partial charge in [-0.05, 0) is 87.5 Å². The quantitative estimate of drug-likeness (QED) is 0.740. The van der Waals surface area contributed by atoms with Crippen LogP contribution in [0.25, 0.3) is 0 Å². The van der Waals surface area contributed by atoms with E-state index >= 15 is 0 Å².